The third-order valence-electron chi connectivity index (χ3n) is 4.98. The molecule has 7 heteroatoms. The Morgan fingerprint density at radius 3 is 2.69 bits per heavy atom. The first-order chi connectivity index (χ1) is 14.2. The average Bonchev–Trinajstić information content (AvgIpc) is 3.25. The van der Waals surface area contributed by atoms with E-state index >= 15 is 0 Å². The predicted octanol–water partition coefficient (Wildman–Crippen LogP) is 3.86. The molecule has 0 bridgehead atoms. The molecule has 2 heterocycles. The Kier molecular flexibility index (Phi) is 6.24. The smallest absolute Gasteiger partial charge is 0.273 e. The normalized spacial score (nSPS) is 14.7. The van der Waals surface area contributed by atoms with Gasteiger partial charge in [0.15, 0.2) is 0 Å². The summed E-state index contributed by atoms with van der Waals surface area (Å²) >= 11 is 6.03. The van der Waals surface area contributed by atoms with Crippen LogP contribution in [-0.4, -0.2) is 53.9 Å². The Labute approximate surface area is 174 Å². The van der Waals surface area contributed by atoms with E-state index in [9.17, 15) is 4.79 Å². The number of aromatic nitrogens is 2. The monoisotopic (exact) mass is 410 g/mol. The number of anilines is 1. The summed E-state index contributed by atoms with van der Waals surface area (Å²) in [5.74, 6) is -0.230. The fourth-order valence-corrected chi connectivity index (χ4v) is 3.49. The van der Waals surface area contributed by atoms with Crippen molar-refractivity contribution < 1.29 is 9.53 Å². The van der Waals surface area contributed by atoms with E-state index in [0.717, 1.165) is 50.5 Å². The Balaban J connectivity index is 1.33. The molecule has 0 atom stereocenters. The Hall–Kier alpha value is -2.67. The van der Waals surface area contributed by atoms with Crippen LogP contribution < -0.4 is 5.32 Å². The van der Waals surface area contributed by atoms with E-state index in [4.69, 9.17) is 16.3 Å². The van der Waals surface area contributed by atoms with Crippen molar-refractivity contribution in [1.82, 2.24) is 15.1 Å². The Bertz CT molecular complexity index is 965. The molecule has 1 aliphatic rings. The van der Waals surface area contributed by atoms with Gasteiger partial charge in [-0.05, 0) is 42.3 Å². The zero-order valence-corrected chi connectivity index (χ0v) is 16.8. The average molecular weight is 411 g/mol. The van der Waals surface area contributed by atoms with Gasteiger partial charge in [0.1, 0.15) is 5.69 Å². The quantitative estimate of drug-likeness (QED) is 0.647. The lowest BCUT2D eigenvalue weighted by Gasteiger charge is -2.26. The van der Waals surface area contributed by atoms with Crippen LogP contribution in [0.5, 0.6) is 0 Å². The maximum Gasteiger partial charge on any atom is 0.273 e. The van der Waals surface area contributed by atoms with E-state index in [0.29, 0.717) is 16.4 Å². The van der Waals surface area contributed by atoms with Gasteiger partial charge >= 0.3 is 0 Å². The van der Waals surface area contributed by atoms with Gasteiger partial charge in [-0.2, -0.15) is 5.10 Å². The highest BCUT2D eigenvalue weighted by molar-refractivity contribution is 6.30. The van der Waals surface area contributed by atoms with Gasteiger partial charge in [-0.15, -0.1) is 0 Å². The number of amides is 1. The molecule has 29 heavy (non-hydrogen) atoms. The van der Waals surface area contributed by atoms with Gasteiger partial charge in [0.05, 0.1) is 18.9 Å². The van der Waals surface area contributed by atoms with Crippen LogP contribution in [-0.2, 0) is 11.2 Å². The van der Waals surface area contributed by atoms with Crippen molar-refractivity contribution >= 4 is 23.2 Å². The first-order valence-electron chi connectivity index (χ1n) is 9.69. The number of nitrogens with zero attached hydrogens (tertiary/aromatic N) is 2. The van der Waals surface area contributed by atoms with Crippen molar-refractivity contribution in [3.05, 3.63) is 70.9 Å². The predicted molar refractivity (Wildman–Crippen MR) is 114 cm³/mol. The molecule has 0 radical (unpaired) electrons. The van der Waals surface area contributed by atoms with Crippen molar-refractivity contribution in [2.24, 2.45) is 0 Å². The summed E-state index contributed by atoms with van der Waals surface area (Å²) in [6.07, 6.45) is 0.984. The lowest BCUT2D eigenvalue weighted by Crippen LogP contribution is -2.37. The summed E-state index contributed by atoms with van der Waals surface area (Å²) in [4.78, 5) is 14.9. The van der Waals surface area contributed by atoms with Crippen LogP contribution in [0.2, 0.25) is 5.02 Å². The number of aromatic amines is 1. The summed E-state index contributed by atoms with van der Waals surface area (Å²) in [5, 5.41) is 10.5. The number of hydrogen-bond donors (Lipinski definition) is 2. The molecule has 0 unspecified atom stereocenters. The summed E-state index contributed by atoms with van der Waals surface area (Å²) in [6, 6.07) is 17.1. The Morgan fingerprint density at radius 2 is 1.93 bits per heavy atom. The SMILES string of the molecule is O=C(Nc1ccc(CCN2CCOCC2)cc1)c1cc(-c2cccc(Cl)c2)n[nH]1. The summed E-state index contributed by atoms with van der Waals surface area (Å²) in [7, 11) is 0. The van der Waals surface area contributed by atoms with Gasteiger partial charge in [0, 0.05) is 35.9 Å². The second-order valence-electron chi connectivity index (χ2n) is 7.03. The van der Waals surface area contributed by atoms with Gasteiger partial charge in [-0.3, -0.25) is 14.8 Å². The minimum Gasteiger partial charge on any atom is -0.379 e. The molecule has 6 nitrogen and oxygen atoms in total. The lowest BCUT2D eigenvalue weighted by molar-refractivity contribution is 0.0384. The second-order valence-corrected chi connectivity index (χ2v) is 7.47. The fraction of sp³-hybridized carbons (Fsp3) is 0.273. The number of nitrogens with one attached hydrogen (secondary N) is 2. The number of morpholine rings is 1. The first-order valence-corrected chi connectivity index (χ1v) is 10.1. The molecule has 3 aromatic rings. The largest absolute Gasteiger partial charge is 0.379 e. The highest BCUT2D eigenvalue weighted by atomic mass is 35.5. The molecule has 2 N–H and O–H groups in total. The molecular weight excluding hydrogens is 388 g/mol. The van der Waals surface area contributed by atoms with Crippen LogP contribution in [0.3, 0.4) is 0 Å². The molecule has 1 amide bonds. The van der Waals surface area contributed by atoms with E-state index < -0.39 is 0 Å². The molecule has 1 aliphatic heterocycles. The molecule has 150 valence electrons. The van der Waals surface area contributed by atoms with E-state index in [1.807, 2.05) is 30.3 Å². The van der Waals surface area contributed by atoms with Crippen LogP contribution in [0.25, 0.3) is 11.3 Å². The minimum atomic E-state index is -0.230. The third-order valence-corrected chi connectivity index (χ3v) is 5.21. The maximum absolute atomic E-state index is 12.5. The molecule has 0 aliphatic carbocycles. The topological polar surface area (TPSA) is 70.2 Å². The molecule has 0 spiro atoms. The van der Waals surface area contributed by atoms with Crippen LogP contribution in [0.1, 0.15) is 16.1 Å². The van der Waals surface area contributed by atoms with E-state index in [1.54, 1.807) is 12.1 Å². The zero-order chi connectivity index (χ0) is 20.1. The number of hydrogen-bond acceptors (Lipinski definition) is 4. The molecule has 1 fully saturated rings. The number of carbonyl (C=O) groups excluding carboxylic acids is 1. The first kappa shape index (κ1) is 19.6. The van der Waals surface area contributed by atoms with E-state index in [1.165, 1.54) is 5.56 Å². The molecule has 4 rings (SSSR count). The van der Waals surface area contributed by atoms with Crippen LogP contribution in [0.4, 0.5) is 5.69 Å². The van der Waals surface area contributed by atoms with Crippen molar-refractivity contribution in [2.75, 3.05) is 38.2 Å². The minimum absolute atomic E-state index is 0.230. The zero-order valence-electron chi connectivity index (χ0n) is 16.0. The van der Waals surface area contributed by atoms with Gasteiger partial charge < -0.3 is 10.1 Å². The van der Waals surface area contributed by atoms with Crippen molar-refractivity contribution in [2.45, 2.75) is 6.42 Å². The number of benzene rings is 2. The Morgan fingerprint density at radius 1 is 1.14 bits per heavy atom. The number of carbonyl (C=O) groups is 1. The van der Waals surface area contributed by atoms with Gasteiger partial charge in [-0.25, -0.2) is 0 Å². The van der Waals surface area contributed by atoms with Crippen LogP contribution in [0.15, 0.2) is 54.6 Å². The van der Waals surface area contributed by atoms with Crippen molar-refractivity contribution in [1.29, 1.82) is 0 Å². The number of halogens is 1. The second kappa shape index (κ2) is 9.22. The van der Waals surface area contributed by atoms with Crippen molar-refractivity contribution in [3.63, 3.8) is 0 Å². The van der Waals surface area contributed by atoms with Gasteiger partial charge in [-0.1, -0.05) is 35.9 Å². The number of ether oxygens (including phenoxy) is 1. The molecule has 2 aromatic carbocycles. The highest BCUT2D eigenvalue weighted by Gasteiger charge is 2.12. The maximum atomic E-state index is 12.5. The fourth-order valence-electron chi connectivity index (χ4n) is 3.30. The standard InChI is InChI=1S/C22H23ClN4O2/c23-18-3-1-2-17(14-18)20-15-21(26-25-20)22(28)24-19-6-4-16(5-7-19)8-9-27-10-12-29-13-11-27/h1-7,14-15H,8-13H2,(H,24,28)(H,25,26). The molecule has 1 aromatic heterocycles. The molecular formula is C22H23ClN4O2. The third kappa shape index (κ3) is 5.23. The van der Waals surface area contributed by atoms with E-state index in [-0.39, 0.29) is 5.91 Å². The summed E-state index contributed by atoms with van der Waals surface area (Å²) < 4.78 is 5.38. The van der Waals surface area contributed by atoms with E-state index in [2.05, 4.69) is 32.5 Å². The molecule has 0 saturated carbocycles. The summed E-state index contributed by atoms with van der Waals surface area (Å²) in [5.41, 5.74) is 3.94. The number of rotatable bonds is 6. The van der Waals surface area contributed by atoms with Crippen LogP contribution in [0, 0.1) is 0 Å². The lowest BCUT2D eigenvalue weighted by atomic mass is 10.1. The van der Waals surface area contributed by atoms with Gasteiger partial charge in [0.25, 0.3) is 5.91 Å². The summed E-state index contributed by atoms with van der Waals surface area (Å²) in [6.45, 7) is 4.65. The highest BCUT2D eigenvalue weighted by Crippen LogP contribution is 2.22. The molecule has 1 saturated heterocycles. The van der Waals surface area contributed by atoms with Gasteiger partial charge in [0.2, 0.25) is 0 Å². The number of H-pyrrole nitrogens is 1. The van der Waals surface area contributed by atoms with Crippen molar-refractivity contribution in [3.8, 4) is 11.3 Å². The van der Waals surface area contributed by atoms with Crippen LogP contribution >= 0.6 is 11.6 Å².